The third kappa shape index (κ3) is 3.16. The highest BCUT2D eigenvalue weighted by Crippen LogP contribution is 2.27. The zero-order chi connectivity index (χ0) is 20.0. The van der Waals surface area contributed by atoms with E-state index in [1.165, 1.54) is 16.0 Å². The van der Waals surface area contributed by atoms with Crippen molar-refractivity contribution in [1.82, 2.24) is 30.5 Å². The molecule has 9 nitrogen and oxygen atoms in total. The molecule has 2 aliphatic heterocycles. The van der Waals surface area contributed by atoms with E-state index in [1.807, 2.05) is 0 Å². The van der Waals surface area contributed by atoms with Crippen LogP contribution < -0.4 is 10.9 Å². The van der Waals surface area contributed by atoms with Gasteiger partial charge in [-0.05, 0) is 43.9 Å². The highest BCUT2D eigenvalue weighted by molar-refractivity contribution is 5.87. The number of amides is 1. The minimum Gasteiger partial charge on any atom is -0.480 e. The fourth-order valence-electron chi connectivity index (χ4n) is 3.87. The van der Waals surface area contributed by atoms with E-state index < -0.39 is 18.1 Å². The maximum atomic E-state index is 13.1. The molecule has 1 amide bonds. The van der Waals surface area contributed by atoms with E-state index >= 15 is 0 Å². The fourth-order valence-corrected chi connectivity index (χ4v) is 3.87. The van der Waals surface area contributed by atoms with E-state index in [9.17, 15) is 14.7 Å². The molecule has 0 bridgehead atoms. The van der Waals surface area contributed by atoms with Gasteiger partial charge in [-0.1, -0.05) is 18.2 Å². The van der Waals surface area contributed by atoms with Gasteiger partial charge in [-0.2, -0.15) is 0 Å². The first-order valence-electron chi connectivity index (χ1n) is 9.35. The molecule has 1 saturated heterocycles. The second-order valence-electron chi connectivity index (χ2n) is 7.57. The largest absolute Gasteiger partial charge is 0.480 e. The first-order chi connectivity index (χ1) is 13.3. The van der Waals surface area contributed by atoms with Crippen molar-refractivity contribution in [2.75, 3.05) is 0 Å². The molecular weight excluding hydrogens is 360 g/mol. The number of aromatic nitrogens is 3. The summed E-state index contributed by atoms with van der Waals surface area (Å²) >= 11 is 0. The Kier molecular flexibility index (Phi) is 4.64. The SMILES string of the molecule is Cc1ccc(C2CC(C(=O)N3Cc4nnc(C)n4CC3C(=O)O)NN2)cc1C. The van der Waals surface area contributed by atoms with Crippen molar-refractivity contribution in [2.45, 2.75) is 58.4 Å². The van der Waals surface area contributed by atoms with Crippen molar-refractivity contribution in [2.24, 2.45) is 0 Å². The molecule has 0 aliphatic carbocycles. The summed E-state index contributed by atoms with van der Waals surface area (Å²) < 4.78 is 1.76. The lowest BCUT2D eigenvalue weighted by Crippen LogP contribution is -2.55. The van der Waals surface area contributed by atoms with E-state index in [0.29, 0.717) is 18.1 Å². The minimum atomic E-state index is -1.02. The van der Waals surface area contributed by atoms with Crippen LogP contribution in [0.5, 0.6) is 0 Å². The zero-order valence-corrected chi connectivity index (χ0v) is 16.1. The molecule has 1 aromatic heterocycles. The highest BCUT2D eigenvalue weighted by Gasteiger charge is 2.41. The number of rotatable bonds is 3. The standard InChI is InChI=1S/C19H24N6O3/c1-10-4-5-13(6-11(10)2)14-7-15(22-21-14)18(26)25-9-17-23-20-12(3)24(17)8-16(25)19(27)28/h4-6,14-16,21-22H,7-9H2,1-3H3,(H,27,28). The number of carbonyl (C=O) groups is 2. The molecular formula is C19H24N6O3. The third-order valence-electron chi connectivity index (χ3n) is 5.76. The van der Waals surface area contributed by atoms with Crippen LogP contribution in [0.1, 0.15) is 40.8 Å². The van der Waals surface area contributed by atoms with Crippen LogP contribution in [0.15, 0.2) is 18.2 Å². The van der Waals surface area contributed by atoms with E-state index in [1.54, 1.807) is 11.5 Å². The number of carboxylic acid groups (broad SMARTS) is 1. The summed E-state index contributed by atoms with van der Waals surface area (Å²) in [5, 5.41) is 17.7. The number of hydrazine groups is 1. The van der Waals surface area contributed by atoms with Crippen molar-refractivity contribution < 1.29 is 14.7 Å². The van der Waals surface area contributed by atoms with Crippen molar-refractivity contribution in [3.05, 3.63) is 46.5 Å². The van der Waals surface area contributed by atoms with Crippen LogP contribution >= 0.6 is 0 Å². The Balaban J connectivity index is 1.52. The van der Waals surface area contributed by atoms with Crippen LogP contribution in [0.2, 0.25) is 0 Å². The van der Waals surface area contributed by atoms with Crippen LogP contribution in [-0.4, -0.2) is 48.7 Å². The molecule has 3 N–H and O–H groups in total. The Bertz CT molecular complexity index is 940. The number of carbonyl (C=O) groups excluding carboxylic acids is 1. The van der Waals surface area contributed by atoms with Gasteiger partial charge < -0.3 is 14.6 Å². The Labute approximate surface area is 162 Å². The van der Waals surface area contributed by atoms with Crippen LogP contribution in [0.25, 0.3) is 0 Å². The Morgan fingerprint density at radius 3 is 2.64 bits per heavy atom. The molecule has 0 saturated carbocycles. The molecule has 3 unspecified atom stereocenters. The predicted molar refractivity (Wildman–Crippen MR) is 100 cm³/mol. The first kappa shape index (κ1) is 18.6. The van der Waals surface area contributed by atoms with Gasteiger partial charge in [-0.25, -0.2) is 15.6 Å². The van der Waals surface area contributed by atoms with Gasteiger partial charge in [0, 0.05) is 6.04 Å². The lowest BCUT2D eigenvalue weighted by molar-refractivity contribution is -0.153. The third-order valence-corrected chi connectivity index (χ3v) is 5.76. The fraction of sp³-hybridized carbons (Fsp3) is 0.474. The topological polar surface area (TPSA) is 112 Å². The number of fused-ring (bicyclic) bond motifs is 1. The molecule has 3 atom stereocenters. The number of carboxylic acids is 1. The number of aryl methyl sites for hydroxylation is 3. The summed E-state index contributed by atoms with van der Waals surface area (Å²) in [6.45, 7) is 6.21. The normalized spacial score (nSPS) is 24.2. The maximum absolute atomic E-state index is 13.1. The number of hydrogen-bond acceptors (Lipinski definition) is 6. The Hall–Kier alpha value is -2.78. The van der Waals surface area contributed by atoms with Crippen molar-refractivity contribution in [1.29, 1.82) is 0 Å². The Morgan fingerprint density at radius 1 is 1.14 bits per heavy atom. The smallest absolute Gasteiger partial charge is 0.328 e. The molecule has 0 radical (unpaired) electrons. The molecule has 4 rings (SSSR count). The lowest BCUT2D eigenvalue weighted by atomic mass is 9.97. The van der Waals surface area contributed by atoms with Gasteiger partial charge in [0.1, 0.15) is 17.9 Å². The number of benzene rings is 1. The van der Waals surface area contributed by atoms with Crippen molar-refractivity contribution >= 4 is 11.9 Å². The van der Waals surface area contributed by atoms with Gasteiger partial charge >= 0.3 is 5.97 Å². The molecule has 3 heterocycles. The maximum Gasteiger partial charge on any atom is 0.328 e. The molecule has 1 aromatic carbocycles. The van der Waals surface area contributed by atoms with Gasteiger partial charge in [-0.15, -0.1) is 10.2 Å². The monoisotopic (exact) mass is 384 g/mol. The molecule has 2 aromatic rings. The summed E-state index contributed by atoms with van der Waals surface area (Å²) in [5.41, 5.74) is 9.75. The van der Waals surface area contributed by atoms with Gasteiger partial charge in [-0.3, -0.25) is 4.79 Å². The van der Waals surface area contributed by atoms with E-state index in [-0.39, 0.29) is 25.0 Å². The predicted octanol–water partition coefficient (Wildman–Crippen LogP) is 0.607. The van der Waals surface area contributed by atoms with Crippen molar-refractivity contribution in [3.8, 4) is 0 Å². The highest BCUT2D eigenvalue weighted by atomic mass is 16.4. The average Bonchev–Trinajstić information content (AvgIpc) is 3.30. The summed E-state index contributed by atoms with van der Waals surface area (Å²) in [6.07, 6.45) is 0.551. The van der Waals surface area contributed by atoms with Gasteiger partial charge in [0.2, 0.25) is 5.91 Å². The number of aliphatic carboxylic acids is 1. The van der Waals surface area contributed by atoms with Crippen LogP contribution in [0.4, 0.5) is 0 Å². The molecule has 28 heavy (non-hydrogen) atoms. The number of nitrogens with zero attached hydrogens (tertiary/aromatic N) is 4. The molecule has 9 heteroatoms. The number of nitrogens with one attached hydrogen (secondary N) is 2. The van der Waals surface area contributed by atoms with Gasteiger partial charge in [0.05, 0.1) is 13.1 Å². The van der Waals surface area contributed by atoms with E-state index in [2.05, 4.69) is 53.1 Å². The Morgan fingerprint density at radius 2 is 1.93 bits per heavy atom. The van der Waals surface area contributed by atoms with Gasteiger partial charge in [0.15, 0.2) is 5.82 Å². The summed E-state index contributed by atoms with van der Waals surface area (Å²) in [6, 6.07) is 4.81. The molecule has 0 spiro atoms. The number of hydrogen-bond donors (Lipinski definition) is 3. The van der Waals surface area contributed by atoms with Gasteiger partial charge in [0.25, 0.3) is 0 Å². The van der Waals surface area contributed by atoms with Crippen LogP contribution in [-0.2, 0) is 22.7 Å². The lowest BCUT2D eigenvalue weighted by Gasteiger charge is -2.34. The summed E-state index contributed by atoms with van der Waals surface area (Å²) in [5.74, 6) is 0.00531. The minimum absolute atomic E-state index is 0.00721. The van der Waals surface area contributed by atoms with Crippen LogP contribution in [0, 0.1) is 20.8 Å². The van der Waals surface area contributed by atoms with Crippen molar-refractivity contribution in [3.63, 3.8) is 0 Å². The summed E-state index contributed by atoms with van der Waals surface area (Å²) in [4.78, 5) is 26.3. The second kappa shape index (κ2) is 6.99. The summed E-state index contributed by atoms with van der Waals surface area (Å²) in [7, 11) is 0. The molecule has 2 aliphatic rings. The average molecular weight is 384 g/mol. The van der Waals surface area contributed by atoms with Crippen LogP contribution in [0.3, 0.4) is 0 Å². The molecule has 1 fully saturated rings. The first-order valence-corrected chi connectivity index (χ1v) is 9.35. The van der Waals surface area contributed by atoms with E-state index in [0.717, 1.165) is 5.56 Å². The zero-order valence-electron chi connectivity index (χ0n) is 16.1. The van der Waals surface area contributed by atoms with E-state index in [4.69, 9.17) is 0 Å². The second-order valence-corrected chi connectivity index (χ2v) is 7.57. The quantitative estimate of drug-likeness (QED) is 0.711. The molecule has 148 valence electrons.